The lowest BCUT2D eigenvalue weighted by Crippen LogP contribution is -2.18. The average molecular weight is 218 g/mol. The Morgan fingerprint density at radius 2 is 1.87 bits per heavy atom. The van der Waals surface area contributed by atoms with Crippen LogP contribution in [0.25, 0.3) is 0 Å². The van der Waals surface area contributed by atoms with Crippen molar-refractivity contribution in [2.75, 3.05) is 0 Å². The monoisotopic (exact) mass is 218 g/mol. The molecule has 4 nitrogen and oxygen atoms in total. The van der Waals surface area contributed by atoms with E-state index in [0.717, 1.165) is 12.1 Å². The molecular weight excluding hydrogens is 210 g/mol. The van der Waals surface area contributed by atoms with Crippen LogP contribution in [0.15, 0.2) is 18.2 Å². The van der Waals surface area contributed by atoms with Crippen molar-refractivity contribution in [3.63, 3.8) is 0 Å². The van der Waals surface area contributed by atoms with Crippen molar-refractivity contribution in [2.45, 2.75) is 12.3 Å². The van der Waals surface area contributed by atoms with Gasteiger partial charge >= 0.3 is 5.97 Å². The van der Waals surface area contributed by atoms with Crippen molar-refractivity contribution in [3.05, 3.63) is 23.8 Å². The van der Waals surface area contributed by atoms with Crippen LogP contribution in [0, 0.1) is 0 Å². The van der Waals surface area contributed by atoms with Crippen LogP contribution in [0.3, 0.4) is 0 Å². The third kappa shape index (κ3) is 2.55. The number of rotatable bonds is 3. The van der Waals surface area contributed by atoms with Crippen molar-refractivity contribution < 1.29 is 28.9 Å². The van der Waals surface area contributed by atoms with Gasteiger partial charge in [0.15, 0.2) is 11.5 Å². The first-order valence-electron chi connectivity index (χ1n) is 3.95. The van der Waals surface area contributed by atoms with E-state index in [1.807, 2.05) is 0 Å². The quantitative estimate of drug-likeness (QED) is 0.674. The largest absolute Gasteiger partial charge is 0.504 e. The summed E-state index contributed by atoms with van der Waals surface area (Å²) in [6, 6.07) is 2.37. The molecule has 0 radical (unpaired) electrons. The van der Waals surface area contributed by atoms with Gasteiger partial charge in [0.1, 0.15) is 6.42 Å². The van der Waals surface area contributed by atoms with Crippen LogP contribution in [-0.4, -0.2) is 21.3 Å². The molecule has 0 spiro atoms. The molecule has 0 fully saturated rings. The lowest BCUT2D eigenvalue weighted by molar-refractivity contribution is -0.145. The number of carboxylic acids is 1. The number of aliphatic carboxylic acids is 1. The lowest BCUT2D eigenvalue weighted by Gasteiger charge is -2.14. The minimum absolute atomic E-state index is 0.537. The number of phenols is 2. The van der Waals surface area contributed by atoms with E-state index in [1.54, 1.807) is 0 Å². The molecule has 82 valence electrons. The Hall–Kier alpha value is -1.85. The minimum Gasteiger partial charge on any atom is -0.504 e. The molecule has 0 unspecified atom stereocenters. The number of halogens is 2. The summed E-state index contributed by atoms with van der Waals surface area (Å²) in [6.45, 7) is 0. The highest BCUT2D eigenvalue weighted by molar-refractivity contribution is 5.68. The number of carbonyl (C=O) groups is 1. The maximum Gasteiger partial charge on any atom is 0.309 e. The summed E-state index contributed by atoms with van der Waals surface area (Å²) in [5.74, 6) is -6.47. The second kappa shape index (κ2) is 3.72. The number of phenolic OH excluding ortho intramolecular Hbond substituents is 2. The molecular formula is C9H8F2O4. The van der Waals surface area contributed by atoms with Crippen molar-refractivity contribution in [1.82, 2.24) is 0 Å². The number of carboxylic acid groups (broad SMARTS) is 1. The standard InChI is InChI=1S/C9H8F2O4/c10-9(11,4-8(14)15)5-1-2-6(12)7(13)3-5/h1-3,12-13H,4H2,(H,14,15). The summed E-state index contributed by atoms with van der Waals surface area (Å²) in [5, 5.41) is 26.1. The summed E-state index contributed by atoms with van der Waals surface area (Å²) < 4.78 is 26.3. The van der Waals surface area contributed by atoms with Crippen LogP contribution in [-0.2, 0) is 10.7 Å². The van der Waals surface area contributed by atoms with Crippen LogP contribution in [0.4, 0.5) is 8.78 Å². The molecule has 0 saturated heterocycles. The molecule has 0 bridgehead atoms. The first kappa shape index (κ1) is 11.2. The van der Waals surface area contributed by atoms with Gasteiger partial charge in [0.05, 0.1) is 0 Å². The van der Waals surface area contributed by atoms with E-state index in [-0.39, 0.29) is 0 Å². The minimum atomic E-state index is -3.57. The summed E-state index contributed by atoms with van der Waals surface area (Å²) in [6.07, 6.45) is -1.36. The fourth-order valence-electron chi connectivity index (χ4n) is 1.04. The Balaban J connectivity index is 3.04. The van der Waals surface area contributed by atoms with E-state index in [2.05, 4.69) is 0 Å². The van der Waals surface area contributed by atoms with Gasteiger partial charge < -0.3 is 15.3 Å². The normalized spacial score (nSPS) is 11.3. The Kier molecular flexibility index (Phi) is 2.78. The van der Waals surface area contributed by atoms with Gasteiger partial charge in [0.25, 0.3) is 5.92 Å². The number of benzene rings is 1. The molecule has 0 aliphatic carbocycles. The van der Waals surface area contributed by atoms with Gasteiger partial charge in [0, 0.05) is 5.56 Å². The fourth-order valence-corrected chi connectivity index (χ4v) is 1.04. The third-order valence-electron chi connectivity index (χ3n) is 1.77. The predicted molar refractivity (Wildman–Crippen MR) is 45.9 cm³/mol. The van der Waals surface area contributed by atoms with E-state index in [9.17, 15) is 13.6 Å². The van der Waals surface area contributed by atoms with Crippen LogP contribution >= 0.6 is 0 Å². The molecule has 0 heterocycles. The molecule has 3 N–H and O–H groups in total. The van der Waals surface area contributed by atoms with Crippen LogP contribution in [0.5, 0.6) is 11.5 Å². The van der Waals surface area contributed by atoms with Crippen LogP contribution < -0.4 is 0 Å². The molecule has 6 heteroatoms. The zero-order chi connectivity index (χ0) is 11.6. The zero-order valence-corrected chi connectivity index (χ0v) is 7.44. The van der Waals surface area contributed by atoms with Crippen molar-refractivity contribution in [1.29, 1.82) is 0 Å². The topological polar surface area (TPSA) is 77.8 Å². The Morgan fingerprint density at radius 3 is 2.33 bits per heavy atom. The summed E-state index contributed by atoms with van der Waals surface area (Å²) >= 11 is 0. The second-order valence-electron chi connectivity index (χ2n) is 2.98. The zero-order valence-electron chi connectivity index (χ0n) is 7.44. The van der Waals surface area contributed by atoms with E-state index >= 15 is 0 Å². The van der Waals surface area contributed by atoms with Gasteiger partial charge in [-0.25, -0.2) is 8.78 Å². The van der Waals surface area contributed by atoms with E-state index in [1.165, 1.54) is 0 Å². The van der Waals surface area contributed by atoms with Crippen molar-refractivity contribution in [3.8, 4) is 11.5 Å². The molecule has 0 amide bonds. The number of hydrogen-bond donors (Lipinski definition) is 3. The number of aromatic hydroxyl groups is 2. The first-order chi connectivity index (χ1) is 6.83. The maximum absolute atomic E-state index is 13.1. The molecule has 15 heavy (non-hydrogen) atoms. The first-order valence-corrected chi connectivity index (χ1v) is 3.95. The maximum atomic E-state index is 13.1. The van der Waals surface area contributed by atoms with Gasteiger partial charge in [-0.2, -0.15) is 0 Å². The Morgan fingerprint density at radius 1 is 1.27 bits per heavy atom. The number of hydrogen-bond acceptors (Lipinski definition) is 3. The number of alkyl halides is 2. The van der Waals surface area contributed by atoms with Gasteiger partial charge in [0.2, 0.25) is 0 Å². The Bertz CT molecular complexity index is 390. The van der Waals surface area contributed by atoms with Crippen LogP contribution in [0.1, 0.15) is 12.0 Å². The van der Waals surface area contributed by atoms with Crippen molar-refractivity contribution >= 4 is 5.97 Å². The summed E-state index contributed by atoms with van der Waals surface area (Å²) in [7, 11) is 0. The van der Waals surface area contributed by atoms with E-state index < -0.39 is 35.4 Å². The van der Waals surface area contributed by atoms with E-state index in [4.69, 9.17) is 15.3 Å². The Labute approximate surface area is 83.4 Å². The highest BCUT2D eigenvalue weighted by Crippen LogP contribution is 2.36. The molecule has 0 aliphatic rings. The average Bonchev–Trinajstić information content (AvgIpc) is 2.07. The molecule has 0 atom stereocenters. The smallest absolute Gasteiger partial charge is 0.309 e. The third-order valence-corrected chi connectivity index (χ3v) is 1.77. The van der Waals surface area contributed by atoms with E-state index in [0.29, 0.717) is 6.07 Å². The lowest BCUT2D eigenvalue weighted by atomic mass is 10.1. The van der Waals surface area contributed by atoms with Gasteiger partial charge in [-0.05, 0) is 18.2 Å². The van der Waals surface area contributed by atoms with Crippen molar-refractivity contribution in [2.24, 2.45) is 0 Å². The van der Waals surface area contributed by atoms with Gasteiger partial charge in [-0.15, -0.1) is 0 Å². The summed E-state index contributed by atoms with van der Waals surface area (Å²) in [5.41, 5.74) is -0.653. The van der Waals surface area contributed by atoms with Gasteiger partial charge in [-0.3, -0.25) is 4.79 Å². The van der Waals surface area contributed by atoms with Crippen LogP contribution in [0.2, 0.25) is 0 Å². The molecule has 1 rings (SSSR count). The second-order valence-corrected chi connectivity index (χ2v) is 2.98. The highest BCUT2D eigenvalue weighted by Gasteiger charge is 2.35. The SMILES string of the molecule is O=C(O)CC(F)(F)c1ccc(O)c(O)c1. The molecule has 0 saturated carbocycles. The highest BCUT2D eigenvalue weighted by atomic mass is 19.3. The molecule has 1 aromatic rings. The molecule has 0 aromatic heterocycles. The fraction of sp³-hybridized carbons (Fsp3) is 0.222. The van der Waals surface area contributed by atoms with Gasteiger partial charge in [-0.1, -0.05) is 0 Å². The summed E-state index contributed by atoms with van der Waals surface area (Å²) in [4.78, 5) is 10.1. The molecule has 1 aromatic carbocycles. The molecule has 0 aliphatic heterocycles. The predicted octanol–water partition coefficient (Wildman–Crippen LogP) is 1.66.